The maximum Gasteiger partial charge on any atom is 0.207 e. The molecule has 6 nitrogen and oxygen atoms in total. The highest BCUT2D eigenvalue weighted by Crippen LogP contribution is 2.20. The summed E-state index contributed by atoms with van der Waals surface area (Å²) in [6.07, 6.45) is 1.70. The third kappa shape index (κ3) is 0.944. The van der Waals surface area contributed by atoms with Crippen molar-refractivity contribution in [2.75, 3.05) is 0 Å². The number of aryl methyl sites for hydroxylation is 1. The Balaban J connectivity index is 2.50. The summed E-state index contributed by atoms with van der Waals surface area (Å²) < 4.78 is 3.93. The highest BCUT2D eigenvalue weighted by molar-refractivity contribution is 5.85. The van der Waals surface area contributed by atoms with E-state index in [0.29, 0.717) is 0 Å². The van der Waals surface area contributed by atoms with Gasteiger partial charge in [-0.3, -0.25) is 8.80 Å². The standard InChI is InChI=1S/C11H8N6/c1-7-13-15-11-10-14-12-6-16(10)8-4-2-3-5-9(8)17(7)11/h2-6H,1H3. The lowest BCUT2D eigenvalue weighted by Gasteiger charge is -2.04. The molecule has 4 aromatic rings. The quantitative estimate of drug-likeness (QED) is 0.451. The summed E-state index contributed by atoms with van der Waals surface area (Å²) in [6, 6.07) is 8.06. The molecule has 6 heteroatoms. The number of para-hydroxylation sites is 2. The van der Waals surface area contributed by atoms with E-state index >= 15 is 0 Å². The molecule has 17 heavy (non-hydrogen) atoms. The fourth-order valence-corrected chi connectivity index (χ4v) is 2.22. The van der Waals surface area contributed by atoms with Crippen molar-refractivity contribution in [3.63, 3.8) is 0 Å². The van der Waals surface area contributed by atoms with E-state index in [-0.39, 0.29) is 0 Å². The van der Waals surface area contributed by atoms with E-state index in [1.165, 1.54) is 0 Å². The number of hydrogen-bond donors (Lipinski definition) is 0. The normalized spacial score (nSPS) is 11.8. The first kappa shape index (κ1) is 8.63. The molecule has 0 radical (unpaired) electrons. The van der Waals surface area contributed by atoms with E-state index in [9.17, 15) is 0 Å². The van der Waals surface area contributed by atoms with Crippen LogP contribution >= 0.6 is 0 Å². The first-order valence-corrected chi connectivity index (χ1v) is 5.28. The van der Waals surface area contributed by atoms with E-state index in [2.05, 4.69) is 20.4 Å². The maximum atomic E-state index is 4.16. The van der Waals surface area contributed by atoms with Gasteiger partial charge in [-0.1, -0.05) is 12.1 Å². The monoisotopic (exact) mass is 224 g/mol. The van der Waals surface area contributed by atoms with E-state index < -0.39 is 0 Å². The smallest absolute Gasteiger partial charge is 0.207 e. The molecule has 0 amide bonds. The Kier molecular flexibility index (Phi) is 1.42. The Bertz CT molecular complexity index is 856. The van der Waals surface area contributed by atoms with Crippen LogP contribution in [-0.2, 0) is 0 Å². The van der Waals surface area contributed by atoms with Crippen molar-refractivity contribution in [3.8, 4) is 0 Å². The molecule has 82 valence electrons. The summed E-state index contributed by atoms with van der Waals surface area (Å²) in [6.45, 7) is 1.93. The van der Waals surface area contributed by atoms with Gasteiger partial charge in [-0.15, -0.1) is 20.4 Å². The second-order valence-electron chi connectivity index (χ2n) is 3.92. The van der Waals surface area contributed by atoms with Crippen molar-refractivity contribution in [1.29, 1.82) is 0 Å². The number of fused-ring (bicyclic) bond motifs is 6. The minimum Gasteiger partial charge on any atom is -0.277 e. The van der Waals surface area contributed by atoms with Crippen molar-refractivity contribution in [2.24, 2.45) is 0 Å². The lowest BCUT2D eigenvalue weighted by atomic mass is 10.3. The van der Waals surface area contributed by atoms with Gasteiger partial charge in [0.1, 0.15) is 12.2 Å². The van der Waals surface area contributed by atoms with Crippen LogP contribution in [0.1, 0.15) is 5.82 Å². The van der Waals surface area contributed by atoms with E-state index in [4.69, 9.17) is 0 Å². The summed E-state index contributed by atoms with van der Waals surface area (Å²) >= 11 is 0. The minimum absolute atomic E-state index is 0.726. The van der Waals surface area contributed by atoms with Gasteiger partial charge < -0.3 is 0 Å². The van der Waals surface area contributed by atoms with Crippen LogP contribution in [0.4, 0.5) is 0 Å². The molecule has 4 rings (SSSR count). The van der Waals surface area contributed by atoms with Gasteiger partial charge in [-0.2, -0.15) is 0 Å². The molecule has 1 aromatic carbocycles. The molecule has 0 aliphatic rings. The van der Waals surface area contributed by atoms with Crippen molar-refractivity contribution < 1.29 is 0 Å². The molecule has 0 unspecified atom stereocenters. The van der Waals surface area contributed by atoms with Gasteiger partial charge in [0.2, 0.25) is 11.3 Å². The number of benzene rings is 1. The van der Waals surface area contributed by atoms with E-state index in [1.54, 1.807) is 6.33 Å². The molecule has 0 aliphatic heterocycles. The van der Waals surface area contributed by atoms with Crippen molar-refractivity contribution >= 4 is 22.3 Å². The zero-order valence-electron chi connectivity index (χ0n) is 9.07. The molecule has 3 aromatic heterocycles. The Morgan fingerprint density at radius 1 is 0.941 bits per heavy atom. The summed E-state index contributed by atoms with van der Waals surface area (Å²) in [4.78, 5) is 0. The predicted octanol–water partition coefficient (Wildman–Crippen LogP) is 1.23. The number of aromatic nitrogens is 6. The number of rotatable bonds is 0. The molecule has 0 saturated carbocycles. The zero-order valence-corrected chi connectivity index (χ0v) is 9.07. The third-order valence-electron chi connectivity index (χ3n) is 2.95. The fraction of sp³-hybridized carbons (Fsp3) is 0.0909. The van der Waals surface area contributed by atoms with Gasteiger partial charge >= 0.3 is 0 Å². The molecule has 0 N–H and O–H groups in total. The first-order chi connectivity index (χ1) is 8.36. The lowest BCUT2D eigenvalue weighted by Crippen LogP contribution is -1.97. The van der Waals surface area contributed by atoms with Gasteiger partial charge in [0, 0.05) is 0 Å². The average molecular weight is 224 g/mol. The molecule has 0 saturated heterocycles. The van der Waals surface area contributed by atoms with E-state index in [1.807, 2.05) is 40.0 Å². The number of hydrogen-bond acceptors (Lipinski definition) is 4. The molecule has 0 fully saturated rings. The third-order valence-corrected chi connectivity index (χ3v) is 2.95. The van der Waals surface area contributed by atoms with Crippen LogP contribution in [0.15, 0.2) is 30.6 Å². The molecular formula is C11H8N6. The summed E-state index contributed by atoms with van der Waals surface area (Å²) in [5.41, 5.74) is 3.56. The Morgan fingerprint density at radius 2 is 1.76 bits per heavy atom. The second-order valence-corrected chi connectivity index (χ2v) is 3.92. The van der Waals surface area contributed by atoms with Gasteiger partial charge in [-0.25, -0.2) is 0 Å². The van der Waals surface area contributed by atoms with Crippen LogP contribution in [0, 0.1) is 6.92 Å². The van der Waals surface area contributed by atoms with Gasteiger partial charge in [0.25, 0.3) is 0 Å². The van der Waals surface area contributed by atoms with Crippen LogP contribution in [0.5, 0.6) is 0 Å². The Hall–Kier alpha value is -2.50. The van der Waals surface area contributed by atoms with Crippen molar-refractivity contribution in [1.82, 2.24) is 29.2 Å². The topological polar surface area (TPSA) is 60.4 Å². The molecular weight excluding hydrogens is 216 g/mol. The summed E-state index contributed by atoms with van der Waals surface area (Å²) in [5, 5.41) is 16.3. The molecule has 3 heterocycles. The van der Waals surface area contributed by atoms with Crippen molar-refractivity contribution in [3.05, 3.63) is 36.4 Å². The van der Waals surface area contributed by atoms with Crippen LogP contribution < -0.4 is 0 Å². The molecule has 0 aliphatic carbocycles. The summed E-state index contributed by atoms with van der Waals surface area (Å²) in [5.74, 6) is 0.849. The first-order valence-electron chi connectivity index (χ1n) is 5.28. The zero-order chi connectivity index (χ0) is 11.4. The highest BCUT2D eigenvalue weighted by atomic mass is 15.3. The largest absolute Gasteiger partial charge is 0.277 e. The molecule has 0 atom stereocenters. The van der Waals surface area contributed by atoms with Crippen molar-refractivity contribution in [2.45, 2.75) is 6.92 Å². The predicted molar refractivity (Wildman–Crippen MR) is 61.8 cm³/mol. The summed E-state index contributed by atoms with van der Waals surface area (Å²) in [7, 11) is 0. The second kappa shape index (κ2) is 2.79. The van der Waals surface area contributed by atoms with Gasteiger partial charge in [0.05, 0.1) is 11.0 Å². The molecule has 0 spiro atoms. The van der Waals surface area contributed by atoms with Crippen LogP contribution in [0.2, 0.25) is 0 Å². The Labute approximate surface area is 95.5 Å². The van der Waals surface area contributed by atoms with E-state index in [0.717, 1.165) is 28.2 Å². The van der Waals surface area contributed by atoms with Crippen LogP contribution in [0.3, 0.4) is 0 Å². The maximum absolute atomic E-state index is 4.16. The fourth-order valence-electron chi connectivity index (χ4n) is 2.22. The van der Waals surface area contributed by atoms with Crippen LogP contribution in [0.25, 0.3) is 22.3 Å². The average Bonchev–Trinajstić information content (AvgIpc) is 2.96. The lowest BCUT2D eigenvalue weighted by molar-refractivity contribution is 1.02. The number of nitrogens with zero attached hydrogens (tertiary/aromatic N) is 6. The SMILES string of the molecule is Cc1nnc2c3nncn3c3ccccc3n12. The van der Waals surface area contributed by atoms with Gasteiger partial charge in [0.15, 0.2) is 0 Å². The van der Waals surface area contributed by atoms with Gasteiger partial charge in [-0.05, 0) is 19.1 Å². The Morgan fingerprint density at radius 3 is 2.65 bits per heavy atom. The minimum atomic E-state index is 0.726. The van der Waals surface area contributed by atoms with Crippen LogP contribution in [-0.4, -0.2) is 29.2 Å². The molecule has 0 bridgehead atoms. The highest BCUT2D eigenvalue weighted by Gasteiger charge is 2.12.